The Hall–Kier alpha value is -1.63. The number of carboxylic acid groups (broad SMARTS) is 2. The zero-order chi connectivity index (χ0) is 19.1. The lowest BCUT2D eigenvalue weighted by atomic mass is 9.95. The largest absolute Gasteiger partial charge is 0.481 e. The van der Waals surface area contributed by atoms with Crippen LogP contribution in [0.25, 0.3) is 0 Å². The number of aliphatic hydroxyl groups is 1. The molecule has 4 N–H and O–H groups in total. The van der Waals surface area contributed by atoms with Crippen LogP contribution in [0, 0.1) is 0 Å². The van der Waals surface area contributed by atoms with Crippen molar-refractivity contribution >= 4 is 17.8 Å². The Morgan fingerprint density at radius 1 is 0.800 bits per heavy atom. The predicted molar refractivity (Wildman–Crippen MR) is 94.3 cm³/mol. The summed E-state index contributed by atoms with van der Waals surface area (Å²) >= 11 is 0. The lowest BCUT2D eigenvalue weighted by molar-refractivity contribution is -0.167. The van der Waals surface area contributed by atoms with Crippen LogP contribution in [0.3, 0.4) is 0 Å². The number of unbranched alkanes of at least 4 members (excludes halogenated alkanes) is 9. The van der Waals surface area contributed by atoms with Gasteiger partial charge >= 0.3 is 11.9 Å². The van der Waals surface area contributed by atoms with Crippen LogP contribution in [0.4, 0.5) is 0 Å². The summed E-state index contributed by atoms with van der Waals surface area (Å²) in [6.45, 7) is 2.60. The highest BCUT2D eigenvalue weighted by Gasteiger charge is 2.40. The minimum atomic E-state index is -2.56. The van der Waals surface area contributed by atoms with E-state index in [-0.39, 0.29) is 0 Å². The molecular formula is C18H33NO6. The molecule has 0 fully saturated rings. The number of rotatable bonds is 16. The molecule has 0 saturated carbocycles. The lowest BCUT2D eigenvalue weighted by Crippen LogP contribution is -2.45. The SMILES string of the molecule is CCCCCCCCCCCCNC(=O)C[C@](O)(CC(=O)O)C(=O)O. The van der Waals surface area contributed by atoms with Crippen LogP contribution in [0.2, 0.25) is 0 Å². The fourth-order valence-corrected chi connectivity index (χ4v) is 2.63. The van der Waals surface area contributed by atoms with Gasteiger partial charge in [0.2, 0.25) is 5.91 Å². The predicted octanol–water partition coefficient (Wildman–Crippen LogP) is 2.70. The Labute approximate surface area is 149 Å². The molecule has 0 saturated heterocycles. The summed E-state index contributed by atoms with van der Waals surface area (Å²) in [6, 6.07) is 0. The highest BCUT2D eigenvalue weighted by atomic mass is 16.4. The molecule has 0 heterocycles. The quantitative estimate of drug-likeness (QED) is 0.314. The van der Waals surface area contributed by atoms with Gasteiger partial charge in [-0.15, -0.1) is 0 Å². The van der Waals surface area contributed by atoms with Crippen LogP contribution in [0.15, 0.2) is 0 Å². The van der Waals surface area contributed by atoms with Crippen LogP contribution in [0.1, 0.15) is 84.0 Å². The van der Waals surface area contributed by atoms with Gasteiger partial charge < -0.3 is 20.6 Å². The van der Waals surface area contributed by atoms with E-state index in [1.807, 2.05) is 0 Å². The molecule has 1 amide bonds. The van der Waals surface area contributed by atoms with Crippen molar-refractivity contribution in [2.75, 3.05) is 6.54 Å². The maximum absolute atomic E-state index is 11.7. The molecule has 0 spiro atoms. The molecule has 0 aliphatic rings. The van der Waals surface area contributed by atoms with Crippen molar-refractivity contribution in [2.45, 2.75) is 89.6 Å². The summed E-state index contributed by atoms with van der Waals surface area (Å²) in [7, 11) is 0. The highest BCUT2D eigenvalue weighted by Crippen LogP contribution is 2.16. The molecule has 7 heteroatoms. The molecule has 0 radical (unpaired) electrons. The summed E-state index contributed by atoms with van der Waals surface area (Å²) in [5.74, 6) is -3.82. The number of hydrogen-bond acceptors (Lipinski definition) is 4. The first-order valence-electron chi connectivity index (χ1n) is 9.26. The Balaban J connectivity index is 3.72. The van der Waals surface area contributed by atoms with Crippen LogP contribution >= 0.6 is 0 Å². The highest BCUT2D eigenvalue weighted by molar-refractivity contribution is 5.90. The molecule has 0 aromatic carbocycles. The molecule has 0 bridgehead atoms. The molecular weight excluding hydrogens is 326 g/mol. The van der Waals surface area contributed by atoms with Crippen molar-refractivity contribution in [3.63, 3.8) is 0 Å². The molecule has 0 aromatic rings. The average Bonchev–Trinajstić information content (AvgIpc) is 2.51. The molecule has 146 valence electrons. The maximum atomic E-state index is 11.7. The van der Waals surface area contributed by atoms with Crippen molar-refractivity contribution in [3.8, 4) is 0 Å². The van der Waals surface area contributed by atoms with Crippen molar-refractivity contribution in [1.82, 2.24) is 5.32 Å². The second-order valence-electron chi connectivity index (χ2n) is 6.62. The van der Waals surface area contributed by atoms with E-state index in [0.29, 0.717) is 6.54 Å². The summed E-state index contributed by atoms with van der Waals surface area (Å²) in [6.07, 6.45) is 9.96. The van der Waals surface area contributed by atoms with Gasteiger partial charge in [-0.2, -0.15) is 0 Å². The molecule has 7 nitrogen and oxygen atoms in total. The fourth-order valence-electron chi connectivity index (χ4n) is 2.63. The third kappa shape index (κ3) is 12.4. The first-order chi connectivity index (χ1) is 11.8. The molecule has 25 heavy (non-hydrogen) atoms. The van der Waals surface area contributed by atoms with E-state index >= 15 is 0 Å². The number of hydrogen-bond donors (Lipinski definition) is 4. The first-order valence-corrected chi connectivity index (χ1v) is 9.26. The standard InChI is InChI=1S/C18H33NO6/c1-2-3-4-5-6-7-8-9-10-11-12-19-15(20)13-18(25,17(23)24)14-16(21)22/h25H,2-14H2,1H3,(H,19,20)(H,21,22)(H,23,24)/t18-/m0/s1. The lowest BCUT2D eigenvalue weighted by Gasteiger charge is -2.20. The minimum absolute atomic E-state index is 0.401. The molecule has 0 aromatic heterocycles. The number of amides is 1. The van der Waals surface area contributed by atoms with Gasteiger partial charge in [-0.3, -0.25) is 9.59 Å². The van der Waals surface area contributed by atoms with Crippen LogP contribution in [-0.2, 0) is 14.4 Å². The number of nitrogens with one attached hydrogen (secondary N) is 1. The van der Waals surface area contributed by atoms with E-state index in [2.05, 4.69) is 12.2 Å². The third-order valence-electron chi connectivity index (χ3n) is 4.15. The van der Waals surface area contributed by atoms with Crippen molar-refractivity contribution in [1.29, 1.82) is 0 Å². The van der Waals surface area contributed by atoms with Gasteiger partial charge in [-0.25, -0.2) is 4.79 Å². The minimum Gasteiger partial charge on any atom is -0.481 e. The monoisotopic (exact) mass is 359 g/mol. The summed E-state index contributed by atoms with van der Waals surface area (Å²) in [4.78, 5) is 33.2. The first kappa shape index (κ1) is 23.4. The van der Waals surface area contributed by atoms with Gasteiger partial charge in [0.05, 0.1) is 12.8 Å². The molecule has 0 rings (SSSR count). The van der Waals surface area contributed by atoms with Crippen molar-refractivity contribution < 1.29 is 29.7 Å². The summed E-state index contributed by atoms with van der Waals surface area (Å²) in [5, 5.41) is 29.8. The summed E-state index contributed by atoms with van der Waals surface area (Å²) < 4.78 is 0. The summed E-state index contributed by atoms with van der Waals surface area (Å²) in [5.41, 5.74) is -2.56. The molecule has 0 aliphatic heterocycles. The third-order valence-corrected chi connectivity index (χ3v) is 4.15. The number of carboxylic acids is 2. The average molecular weight is 359 g/mol. The van der Waals surface area contributed by atoms with Gasteiger partial charge in [0.25, 0.3) is 0 Å². The Kier molecular flexibility index (Phi) is 12.7. The van der Waals surface area contributed by atoms with Crippen molar-refractivity contribution in [2.24, 2.45) is 0 Å². The zero-order valence-electron chi connectivity index (χ0n) is 15.3. The van der Waals surface area contributed by atoms with Gasteiger partial charge in [0.1, 0.15) is 0 Å². The van der Waals surface area contributed by atoms with Crippen LogP contribution in [-0.4, -0.2) is 45.3 Å². The molecule has 1 atom stereocenters. The maximum Gasteiger partial charge on any atom is 0.336 e. The molecule has 0 unspecified atom stereocenters. The number of aliphatic carboxylic acids is 2. The Morgan fingerprint density at radius 2 is 1.28 bits per heavy atom. The zero-order valence-corrected chi connectivity index (χ0v) is 15.3. The number of carbonyl (C=O) groups excluding carboxylic acids is 1. The van der Waals surface area contributed by atoms with Gasteiger partial charge in [0, 0.05) is 6.54 Å². The second kappa shape index (κ2) is 13.6. The topological polar surface area (TPSA) is 124 Å². The van der Waals surface area contributed by atoms with E-state index < -0.39 is 36.3 Å². The van der Waals surface area contributed by atoms with Crippen LogP contribution in [0.5, 0.6) is 0 Å². The molecule has 0 aliphatic carbocycles. The van der Waals surface area contributed by atoms with E-state index in [0.717, 1.165) is 19.3 Å². The smallest absolute Gasteiger partial charge is 0.336 e. The van der Waals surface area contributed by atoms with Gasteiger partial charge in [-0.05, 0) is 6.42 Å². The number of carbonyl (C=O) groups is 3. The van der Waals surface area contributed by atoms with Crippen molar-refractivity contribution in [3.05, 3.63) is 0 Å². The Morgan fingerprint density at radius 3 is 1.72 bits per heavy atom. The fraction of sp³-hybridized carbons (Fsp3) is 0.833. The van der Waals surface area contributed by atoms with Gasteiger partial charge in [0.15, 0.2) is 5.60 Å². The van der Waals surface area contributed by atoms with E-state index in [1.54, 1.807) is 0 Å². The van der Waals surface area contributed by atoms with Gasteiger partial charge in [-0.1, -0.05) is 64.7 Å². The van der Waals surface area contributed by atoms with E-state index in [9.17, 15) is 19.5 Å². The van der Waals surface area contributed by atoms with E-state index in [1.165, 1.54) is 44.9 Å². The normalized spacial score (nSPS) is 13.2. The Bertz CT molecular complexity index is 412. The van der Waals surface area contributed by atoms with E-state index in [4.69, 9.17) is 10.2 Å². The second-order valence-corrected chi connectivity index (χ2v) is 6.62. The van der Waals surface area contributed by atoms with Crippen LogP contribution < -0.4 is 5.32 Å².